The van der Waals surface area contributed by atoms with Gasteiger partial charge in [0.05, 0.1) is 11.6 Å². The summed E-state index contributed by atoms with van der Waals surface area (Å²) in [5.74, 6) is 1.92. The Bertz CT molecular complexity index is 931. The number of nitrogens with zero attached hydrogens (tertiary/aromatic N) is 5. The second kappa shape index (κ2) is 7.09. The summed E-state index contributed by atoms with van der Waals surface area (Å²) in [5, 5.41) is 18.0. The topological polar surface area (TPSA) is 67.4 Å². The molecule has 4 rings (SSSR count). The number of rotatable bonds is 3. The first kappa shape index (κ1) is 16.5. The Kier molecular flexibility index (Phi) is 4.49. The Balaban J connectivity index is 1.64. The van der Waals surface area contributed by atoms with Gasteiger partial charge in [0.1, 0.15) is 12.2 Å². The molecule has 130 valence electrons. The average Bonchev–Trinajstić information content (AvgIpc) is 3.14. The van der Waals surface area contributed by atoms with Crippen LogP contribution in [0.5, 0.6) is 0 Å². The molecule has 1 fully saturated rings. The summed E-state index contributed by atoms with van der Waals surface area (Å²) in [6.07, 6.45) is 9.70. The zero-order valence-electron chi connectivity index (χ0n) is 14.8. The highest BCUT2D eigenvalue weighted by Crippen LogP contribution is 2.43. The molecule has 0 N–H and O–H groups in total. The number of aryl methyl sites for hydroxylation is 1. The number of aromatic nitrogens is 4. The predicted molar refractivity (Wildman–Crippen MR) is 99.3 cm³/mol. The molecule has 2 aromatic heterocycles. The van der Waals surface area contributed by atoms with Gasteiger partial charge in [0.15, 0.2) is 0 Å². The minimum Gasteiger partial charge on any atom is -0.320 e. The van der Waals surface area contributed by atoms with E-state index >= 15 is 0 Å². The van der Waals surface area contributed by atoms with Crippen molar-refractivity contribution in [2.45, 2.75) is 37.5 Å². The van der Waals surface area contributed by atoms with Crippen molar-refractivity contribution in [1.82, 2.24) is 19.7 Å². The fourth-order valence-corrected chi connectivity index (χ4v) is 4.18. The second-order valence-electron chi connectivity index (χ2n) is 6.97. The van der Waals surface area contributed by atoms with E-state index in [0.717, 1.165) is 48.2 Å². The molecule has 1 saturated carbocycles. The lowest BCUT2D eigenvalue weighted by Crippen LogP contribution is -2.16. The molecule has 0 saturated heterocycles. The molecule has 1 aliphatic rings. The van der Waals surface area contributed by atoms with Gasteiger partial charge in [-0.25, -0.2) is 0 Å². The highest BCUT2D eigenvalue weighted by atomic mass is 15.2. The third-order valence-electron chi connectivity index (χ3n) is 5.45. The van der Waals surface area contributed by atoms with Crippen LogP contribution in [0.4, 0.5) is 0 Å². The lowest BCUT2D eigenvalue weighted by molar-refractivity contribution is 0.379. The zero-order valence-corrected chi connectivity index (χ0v) is 14.8. The maximum absolute atomic E-state index is 9.67. The smallest absolute Gasteiger partial charge is 0.135 e. The van der Waals surface area contributed by atoms with Gasteiger partial charge in [0, 0.05) is 30.9 Å². The van der Waals surface area contributed by atoms with Crippen LogP contribution in [0.15, 0.2) is 49.1 Å². The molecule has 3 aromatic rings. The van der Waals surface area contributed by atoms with Crippen molar-refractivity contribution >= 4 is 0 Å². The van der Waals surface area contributed by atoms with E-state index in [4.69, 9.17) is 0 Å². The molecule has 0 atom stereocenters. The van der Waals surface area contributed by atoms with Gasteiger partial charge < -0.3 is 4.57 Å². The van der Waals surface area contributed by atoms with E-state index in [9.17, 15) is 5.26 Å². The summed E-state index contributed by atoms with van der Waals surface area (Å²) in [6, 6.07) is 12.4. The summed E-state index contributed by atoms with van der Waals surface area (Å²) in [5.41, 5.74) is 4.18. The molecule has 2 heterocycles. The van der Waals surface area contributed by atoms with E-state index in [1.807, 2.05) is 36.0 Å². The van der Waals surface area contributed by atoms with Crippen molar-refractivity contribution in [2.75, 3.05) is 0 Å². The van der Waals surface area contributed by atoms with E-state index in [1.165, 1.54) is 5.56 Å². The van der Waals surface area contributed by atoms with Crippen molar-refractivity contribution in [3.05, 3.63) is 66.0 Å². The number of nitriles is 1. The maximum atomic E-state index is 9.67. The normalized spacial score (nSPS) is 19.8. The molecular formula is C21H21N5. The highest BCUT2D eigenvalue weighted by molar-refractivity contribution is 5.70. The number of hydrogen-bond donors (Lipinski definition) is 0. The van der Waals surface area contributed by atoms with Gasteiger partial charge in [-0.2, -0.15) is 5.26 Å². The lowest BCUT2D eigenvalue weighted by atomic mass is 9.75. The van der Waals surface area contributed by atoms with Crippen LogP contribution in [0.3, 0.4) is 0 Å². The summed E-state index contributed by atoms with van der Waals surface area (Å²) in [7, 11) is 2.01. The Morgan fingerprint density at radius 1 is 1.08 bits per heavy atom. The Labute approximate surface area is 153 Å². The number of hydrogen-bond acceptors (Lipinski definition) is 4. The molecule has 0 bridgehead atoms. The predicted octanol–water partition coefficient (Wildman–Crippen LogP) is 4.19. The van der Waals surface area contributed by atoms with Gasteiger partial charge in [-0.1, -0.05) is 18.2 Å². The van der Waals surface area contributed by atoms with E-state index < -0.39 is 0 Å². The Morgan fingerprint density at radius 3 is 2.54 bits per heavy atom. The summed E-state index contributed by atoms with van der Waals surface area (Å²) < 4.78 is 2.02. The van der Waals surface area contributed by atoms with Gasteiger partial charge >= 0.3 is 0 Å². The minimum atomic E-state index is 0.394. The Hall–Kier alpha value is -3.00. The summed E-state index contributed by atoms with van der Waals surface area (Å²) >= 11 is 0. The number of pyridine rings is 1. The van der Waals surface area contributed by atoms with Crippen LogP contribution in [0.25, 0.3) is 11.1 Å². The van der Waals surface area contributed by atoms with Crippen molar-refractivity contribution in [1.29, 1.82) is 5.26 Å². The van der Waals surface area contributed by atoms with Gasteiger partial charge in [-0.15, -0.1) is 10.2 Å². The third-order valence-corrected chi connectivity index (χ3v) is 5.45. The minimum absolute atomic E-state index is 0.394. The van der Waals surface area contributed by atoms with Crippen LogP contribution < -0.4 is 0 Å². The van der Waals surface area contributed by atoms with E-state index in [-0.39, 0.29) is 0 Å². The third kappa shape index (κ3) is 2.99. The van der Waals surface area contributed by atoms with Crippen molar-refractivity contribution < 1.29 is 0 Å². The van der Waals surface area contributed by atoms with E-state index in [1.54, 1.807) is 12.5 Å². The van der Waals surface area contributed by atoms with E-state index in [2.05, 4.69) is 33.4 Å². The molecule has 5 nitrogen and oxygen atoms in total. The van der Waals surface area contributed by atoms with Crippen molar-refractivity contribution in [2.24, 2.45) is 7.05 Å². The van der Waals surface area contributed by atoms with Gasteiger partial charge in [0.2, 0.25) is 0 Å². The maximum Gasteiger partial charge on any atom is 0.135 e. The van der Waals surface area contributed by atoms with Crippen LogP contribution in [-0.4, -0.2) is 19.7 Å². The SMILES string of the molecule is Cn1cnnc1C1CCC(c2c(C#N)cccc2-c2cccnc2)CC1. The van der Waals surface area contributed by atoms with Crippen molar-refractivity contribution in [3.63, 3.8) is 0 Å². The fraction of sp³-hybridized carbons (Fsp3) is 0.333. The first-order chi connectivity index (χ1) is 12.8. The first-order valence-electron chi connectivity index (χ1n) is 9.05. The largest absolute Gasteiger partial charge is 0.320 e. The quantitative estimate of drug-likeness (QED) is 0.715. The van der Waals surface area contributed by atoms with Crippen LogP contribution in [0, 0.1) is 11.3 Å². The van der Waals surface area contributed by atoms with Crippen LogP contribution in [-0.2, 0) is 7.05 Å². The molecule has 5 heteroatoms. The second-order valence-corrected chi connectivity index (χ2v) is 6.97. The fourth-order valence-electron chi connectivity index (χ4n) is 4.18. The Morgan fingerprint density at radius 2 is 1.88 bits per heavy atom. The average molecular weight is 343 g/mol. The van der Waals surface area contributed by atoms with Gasteiger partial charge in [0.25, 0.3) is 0 Å². The van der Waals surface area contributed by atoms with Crippen molar-refractivity contribution in [3.8, 4) is 17.2 Å². The molecule has 0 spiro atoms. The molecule has 0 radical (unpaired) electrons. The van der Waals surface area contributed by atoms with Crippen LogP contribution in [0.1, 0.15) is 54.5 Å². The zero-order chi connectivity index (χ0) is 17.9. The molecule has 0 unspecified atom stereocenters. The molecule has 0 amide bonds. The monoisotopic (exact) mass is 343 g/mol. The van der Waals surface area contributed by atoms with Gasteiger partial charge in [-0.05, 0) is 54.9 Å². The van der Waals surface area contributed by atoms with Crippen LogP contribution in [0.2, 0.25) is 0 Å². The molecule has 1 aliphatic carbocycles. The lowest BCUT2D eigenvalue weighted by Gasteiger charge is -2.30. The molecule has 1 aromatic carbocycles. The van der Waals surface area contributed by atoms with Gasteiger partial charge in [-0.3, -0.25) is 4.98 Å². The number of benzene rings is 1. The molecular weight excluding hydrogens is 322 g/mol. The highest BCUT2D eigenvalue weighted by Gasteiger charge is 2.29. The summed E-state index contributed by atoms with van der Waals surface area (Å²) in [6.45, 7) is 0. The summed E-state index contributed by atoms with van der Waals surface area (Å²) in [4.78, 5) is 4.26. The van der Waals surface area contributed by atoms with E-state index in [0.29, 0.717) is 11.8 Å². The molecule has 0 aliphatic heterocycles. The first-order valence-corrected chi connectivity index (χ1v) is 9.05. The van der Waals surface area contributed by atoms with Crippen LogP contribution >= 0.6 is 0 Å². The standard InChI is InChI=1S/C21H21N5/c1-26-14-24-25-21(26)16-9-7-15(8-10-16)20-17(12-22)4-2-6-19(20)18-5-3-11-23-13-18/h2-6,11,13-16H,7-10H2,1H3. The molecule has 26 heavy (non-hydrogen) atoms.